The van der Waals surface area contributed by atoms with Crippen LogP contribution in [0.1, 0.15) is 19.3 Å². The van der Waals surface area contributed by atoms with E-state index >= 15 is 0 Å². The van der Waals surface area contributed by atoms with Gasteiger partial charge in [0.15, 0.2) is 0 Å². The molecule has 0 N–H and O–H groups in total. The summed E-state index contributed by atoms with van der Waals surface area (Å²) in [7, 11) is -2.39. The SMILES string of the molecule is CN1CCC2(CCOC2CS(=O)(=O)F)CC1. The Bertz CT molecular complexity index is 349. The highest BCUT2D eigenvalue weighted by atomic mass is 32.3. The normalized spacial score (nSPS) is 31.0. The zero-order chi connectivity index (χ0) is 11.8. The molecular formula is C10H18FNO3S. The van der Waals surface area contributed by atoms with Crippen LogP contribution in [-0.4, -0.2) is 51.9 Å². The Balaban J connectivity index is 2.08. The Hall–Kier alpha value is -0.200. The lowest BCUT2D eigenvalue weighted by Crippen LogP contribution is -2.44. The number of hydrogen-bond donors (Lipinski definition) is 0. The molecule has 1 spiro atoms. The minimum atomic E-state index is -4.44. The second-order valence-corrected chi connectivity index (χ2v) is 6.39. The van der Waals surface area contributed by atoms with Crippen molar-refractivity contribution in [3.05, 3.63) is 0 Å². The van der Waals surface area contributed by atoms with Crippen LogP contribution in [0.15, 0.2) is 0 Å². The van der Waals surface area contributed by atoms with E-state index in [0.717, 1.165) is 32.4 Å². The first-order valence-electron chi connectivity index (χ1n) is 5.64. The molecule has 2 saturated heterocycles. The molecule has 0 radical (unpaired) electrons. The largest absolute Gasteiger partial charge is 0.376 e. The third-order valence-corrected chi connectivity index (χ3v) is 4.64. The second-order valence-electron chi connectivity index (χ2n) is 4.98. The van der Waals surface area contributed by atoms with E-state index in [9.17, 15) is 12.3 Å². The maximum atomic E-state index is 12.7. The lowest BCUT2D eigenvalue weighted by Gasteiger charge is -2.40. The molecule has 0 aliphatic carbocycles. The third-order valence-electron chi connectivity index (χ3n) is 3.94. The van der Waals surface area contributed by atoms with Gasteiger partial charge in [0.2, 0.25) is 0 Å². The van der Waals surface area contributed by atoms with Crippen molar-refractivity contribution in [2.45, 2.75) is 25.4 Å². The number of piperidine rings is 1. The van der Waals surface area contributed by atoms with Crippen LogP contribution in [0, 0.1) is 5.41 Å². The molecule has 0 aromatic rings. The van der Waals surface area contributed by atoms with Gasteiger partial charge in [-0.05, 0) is 39.4 Å². The smallest absolute Gasteiger partial charge is 0.304 e. The molecule has 0 aromatic heterocycles. The fraction of sp³-hybridized carbons (Fsp3) is 1.00. The summed E-state index contributed by atoms with van der Waals surface area (Å²) in [6.07, 6.45) is 2.23. The van der Waals surface area contributed by atoms with E-state index in [1.807, 2.05) is 7.05 Å². The van der Waals surface area contributed by atoms with Crippen LogP contribution >= 0.6 is 0 Å². The molecule has 2 fully saturated rings. The van der Waals surface area contributed by atoms with Crippen molar-refractivity contribution in [1.82, 2.24) is 4.90 Å². The summed E-state index contributed by atoms with van der Waals surface area (Å²) in [6, 6.07) is 0. The molecule has 2 aliphatic rings. The van der Waals surface area contributed by atoms with E-state index in [1.54, 1.807) is 0 Å². The van der Waals surface area contributed by atoms with Crippen molar-refractivity contribution in [3.63, 3.8) is 0 Å². The first kappa shape index (κ1) is 12.3. The predicted molar refractivity (Wildman–Crippen MR) is 58.4 cm³/mol. The molecule has 2 rings (SSSR count). The highest BCUT2D eigenvalue weighted by Gasteiger charge is 2.47. The van der Waals surface area contributed by atoms with Crippen molar-refractivity contribution in [2.75, 3.05) is 32.5 Å². The lowest BCUT2D eigenvalue weighted by atomic mass is 9.73. The Kier molecular flexibility index (Phi) is 3.25. The van der Waals surface area contributed by atoms with E-state index in [-0.39, 0.29) is 5.41 Å². The fourth-order valence-corrected chi connectivity index (χ4v) is 3.60. The minimum absolute atomic E-state index is 0.105. The zero-order valence-corrected chi connectivity index (χ0v) is 10.3. The monoisotopic (exact) mass is 251 g/mol. The summed E-state index contributed by atoms with van der Waals surface area (Å²) in [5.74, 6) is -0.475. The quantitative estimate of drug-likeness (QED) is 0.681. The number of hydrogen-bond acceptors (Lipinski definition) is 4. The Labute approximate surface area is 96.0 Å². The summed E-state index contributed by atoms with van der Waals surface area (Å²) in [5, 5.41) is 0. The van der Waals surface area contributed by atoms with Gasteiger partial charge in [-0.2, -0.15) is 8.42 Å². The molecule has 0 bridgehead atoms. The molecule has 1 atom stereocenters. The molecule has 6 heteroatoms. The highest BCUT2D eigenvalue weighted by Crippen LogP contribution is 2.44. The second kappa shape index (κ2) is 4.23. The maximum Gasteiger partial charge on any atom is 0.304 e. The van der Waals surface area contributed by atoms with Gasteiger partial charge in [0.25, 0.3) is 0 Å². The lowest BCUT2D eigenvalue weighted by molar-refractivity contribution is 0.0276. The summed E-state index contributed by atoms with van der Waals surface area (Å²) in [6.45, 7) is 2.43. The number of nitrogens with zero attached hydrogens (tertiary/aromatic N) is 1. The van der Waals surface area contributed by atoms with Crippen LogP contribution in [0.2, 0.25) is 0 Å². The molecule has 16 heavy (non-hydrogen) atoms. The van der Waals surface area contributed by atoms with Crippen LogP contribution in [0.5, 0.6) is 0 Å². The van der Waals surface area contributed by atoms with E-state index < -0.39 is 22.1 Å². The van der Waals surface area contributed by atoms with E-state index in [4.69, 9.17) is 4.74 Å². The van der Waals surface area contributed by atoms with Crippen molar-refractivity contribution >= 4 is 10.2 Å². The molecule has 0 saturated carbocycles. The third kappa shape index (κ3) is 2.55. The molecule has 0 aromatic carbocycles. The molecule has 1 unspecified atom stereocenters. The van der Waals surface area contributed by atoms with Crippen LogP contribution in [0.3, 0.4) is 0 Å². The number of rotatable bonds is 2. The van der Waals surface area contributed by atoms with Crippen molar-refractivity contribution in [2.24, 2.45) is 5.41 Å². The first-order chi connectivity index (χ1) is 7.41. The van der Waals surface area contributed by atoms with Gasteiger partial charge in [0, 0.05) is 12.0 Å². The minimum Gasteiger partial charge on any atom is -0.376 e. The fourth-order valence-electron chi connectivity index (χ4n) is 2.78. The summed E-state index contributed by atoms with van der Waals surface area (Å²) >= 11 is 0. The average Bonchev–Trinajstić information content (AvgIpc) is 2.52. The zero-order valence-electron chi connectivity index (χ0n) is 9.49. The van der Waals surface area contributed by atoms with E-state index in [1.165, 1.54) is 0 Å². The van der Waals surface area contributed by atoms with Crippen LogP contribution in [-0.2, 0) is 15.0 Å². The Morgan fingerprint density at radius 1 is 1.38 bits per heavy atom. The molecular weight excluding hydrogens is 233 g/mol. The van der Waals surface area contributed by atoms with E-state index in [0.29, 0.717) is 6.61 Å². The Morgan fingerprint density at radius 2 is 2.00 bits per heavy atom. The van der Waals surface area contributed by atoms with Crippen LogP contribution < -0.4 is 0 Å². The average molecular weight is 251 g/mol. The maximum absolute atomic E-state index is 12.7. The van der Waals surface area contributed by atoms with Crippen LogP contribution in [0.4, 0.5) is 3.89 Å². The number of ether oxygens (including phenoxy) is 1. The standard InChI is InChI=1S/C10H18FNO3S/c1-12-5-2-10(3-6-12)4-7-15-9(10)8-16(11,13)14/h9H,2-8H2,1H3. The Morgan fingerprint density at radius 3 is 2.56 bits per heavy atom. The molecule has 4 nitrogen and oxygen atoms in total. The number of halogens is 1. The molecule has 2 aliphatic heterocycles. The summed E-state index contributed by atoms with van der Waals surface area (Å²) < 4.78 is 39.6. The molecule has 0 amide bonds. The van der Waals surface area contributed by atoms with E-state index in [2.05, 4.69) is 4.90 Å². The first-order valence-corrected chi connectivity index (χ1v) is 7.19. The van der Waals surface area contributed by atoms with Crippen molar-refractivity contribution in [1.29, 1.82) is 0 Å². The van der Waals surface area contributed by atoms with Crippen molar-refractivity contribution in [3.8, 4) is 0 Å². The van der Waals surface area contributed by atoms with Gasteiger partial charge in [0.1, 0.15) is 5.75 Å². The highest BCUT2D eigenvalue weighted by molar-refractivity contribution is 7.86. The van der Waals surface area contributed by atoms with Gasteiger partial charge in [-0.25, -0.2) is 0 Å². The van der Waals surface area contributed by atoms with Gasteiger partial charge in [-0.1, -0.05) is 0 Å². The van der Waals surface area contributed by atoms with Gasteiger partial charge in [-0.3, -0.25) is 0 Å². The number of likely N-dealkylation sites (tertiary alicyclic amines) is 1. The van der Waals surface area contributed by atoms with Gasteiger partial charge in [0.05, 0.1) is 6.10 Å². The molecule has 2 heterocycles. The topological polar surface area (TPSA) is 46.6 Å². The molecule has 94 valence electrons. The summed E-state index contributed by atoms with van der Waals surface area (Å²) in [4.78, 5) is 2.21. The van der Waals surface area contributed by atoms with Gasteiger partial charge in [-0.15, -0.1) is 3.89 Å². The van der Waals surface area contributed by atoms with Crippen LogP contribution in [0.25, 0.3) is 0 Å². The van der Waals surface area contributed by atoms with Gasteiger partial charge < -0.3 is 9.64 Å². The van der Waals surface area contributed by atoms with Crippen molar-refractivity contribution < 1.29 is 17.0 Å². The van der Waals surface area contributed by atoms with Gasteiger partial charge >= 0.3 is 10.2 Å². The predicted octanol–water partition coefficient (Wildman–Crippen LogP) is 0.787. The summed E-state index contributed by atoms with van der Waals surface area (Å²) in [5.41, 5.74) is -0.105.